The molecule has 0 unspecified atom stereocenters. The molecule has 2 aliphatic rings. The standard InChI is InChI=1S/C29H36N2O6/c1-19(2)18-37-24-10-7-22(17-20(24)3)27(33)25-26(21-5-8-23(32)9-6-21)31(29(35)28(25)34)12-4-11-30-13-15-36-16-14-30/h5-10,17,19,26,32-33H,4,11-16,18H2,1-3H3/b27-25+/t26-/m1/s1. The number of aliphatic hydroxyl groups excluding tert-OH is 1. The zero-order valence-corrected chi connectivity index (χ0v) is 21.8. The highest BCUT2D eigenvalue weighted by Crippen LogP contribution is 2.40. The van der Waals surface area contributed by atoms with Crippen LogP contribution in [0.15, 0.2) is 48.0 Å². The molecule has 2 N–H and O–H groups in total. The van der Waals surface area contributed by atoms with E-state index < -0.39 is 17.7 Å². The van der Waals surface area contributed by atoms with E-state index in [1.54, 1.807) is 30.3 Å². The average molecular weight is 509 g/mol. The number of ether oxygens (including phenoxy) is 2. The lowest BCUT2D eigenvalue weighted by atomic mass is 9.94. The predicted octanol–water partition coefficient (Wildman–Crippen LogP) is 3.88. The molecule has 8 heteroatoms. The maximum atomic E-state index is 13.3. The largest absolute Gasteiger partial charge is 0.508 e. The zero-order chi connectivity index (χ0) is 26.5. The minimum atomic E-state index is -0.748. The summed E-state index contributed by atoms with van der Waals surface area (Å²) in [4.78, 5) is 30.3. The Hall–Kier alpha value is -3.36. The van der Waals surface area contributed by atoms with Gasteiger partial charge in [-0.1, -0.05) is 26.0 Å². The van der Waals surface area contributed by atoms with Crippen LogP contribution in [-0.2, 0) is 14.3 Å². The fourth-order valence-corrected chi connectivity index (χ4v) is 4.77. The van der Waals surface area contributed by atoms with Crippen molar-refractivity contribution in [1.82, 2.24) is 9.80 Å². The van der Waals surface area contributed by atoms with Gasteiger partial charge in [0.05, 0.1) is 31.4 Å². The molecular formula is C29H36N2O6. The Morgan fingerprint density at radius 1 is 1.08 bits per heavy atom. The summed E-state index contributed by atoms with van der Waals surface area (Å²) >= 11 is 0. The highest BCUT2D eigenvalue weighted by Gasteiger charge is 2.45. The number of phenols is 1. The van der Waals surface area contributed by atoms with Crippen molar-refractivity contribution >= 4 is 17.4 Å². The second-order valence-corrected chi connectivity index (χ2v) is 10.1. The van der Waals surface area contributed by atoms with Crippen molar-refractivity contribution in [2.75, 3.05) is 46.0 Å². The Labute approximate surface area is 218 Å². The van der Waals surface area contributed by atoms with Gasteiger partial charge in [0.25, 0.3) is 11.7 Å². The number of aryl methyl sites for hydroxylation is 1. The molecule has 2 aromatic carbocycles. The van der Waals surface area contributed by atoms with Gasteiger partial charge in [0.15, 0.2) is 0 Å². The fraction of sp³-hybridized carbons (Fsp3) is 0.448. The number of Topliss-reactive ketones (excluding diaryl/α,β-unsaturated/α-hetero) is 1. The molecule has 0 radical (unpaired) electrons. The molecule has 1 atom stereocenters. The molecule has 2 heterocycles. The van der Waals surface area contributed by atoms with Crippen molar-refractivity contribution in [3.8, 4) is 11.5 Å². The Balaban J connectivity index is 1.65. The van der Waals surface area contributed by atoms with Crippen LogP contribution >= 0.6 is 0 Å². The van der Waals surface area contributed by atoms with Crippen molar-refractivity contribution in [2.24, 2.45) is 5.92 Å². The zero-order valence-electron chi connectivity index (χ0n) is 21.8. The van der Waals surface area contributed by atoms with E-state index in [4.69, 9.17) is 9.47 Å². The van der Waals surface area contributed by atoms with Gasteiger partial charge in [0.1, 0.15) is 17.3 Å². The lowest BCUT2D eigenvalue weighted by molar-refractivity contribution is -0.140. The summed E-state index contributed by atoms with van der Waals surface area (Å²) in [5.41, 5.74) is 1.98. The van der Waals surface area contributed by atoms with Crippen LogP contribution in [0.25, 0.3) is 5.76 Å². The fourth-order valence-electron chi connectivity index (χ4n) is 4.77. The summed E-state index contributed by atoms with van der Waals surface area (Å²) in [6.45, 7) is 10.8. The van der Waals surface area contributed by atoms with Gasteiger partial charge in [-0.15, -0.1) is 0 Å². The molecule has 198 valence electrons. The Bertz CT molecular complexity index is 1150. The summed E-state index contributed by atoms with van der Waals surface area (Å²) in [5.74, 6) is -0.387. The average Bonchev–Trinajstić information content (AvgIpc) is 3.13. The van der Waals surface area contributed by atoms with Crippen molar-refractivity contribution in [2.45, 2.75) is 33.2 Å². The lowest BCUT2D eigenvalue weighted by Gasteiger charge is -2.29. The number of benzene rings is 2. The Morgan fingerprint density at radius 2 is 1.78 bits per heavy atom. The van der Waals surface area contributed by atoms with E-state index in [0.717, 1.165) is 25.2 Å². The summed E-state index contributed by atoms with van der Waals surface area (Å²) in [6, 6.07) is 10.9. The van der Waals surface area contributed by atoms with Crippen LogP contribution < -0.4 is 4.74 Å². The van der Waals surface area contributed by atoms with E-state index in [-0.39, 0.29) is 17.1 Å². The van der Waals surface area contributed by atoms with Gasteiger partial charge in [0, 0.05) is 31.7 Å². The molecule has 0 bridgehead atoms. The van der Waals surface area contributed by atoms with Crippen molar-refractivity contribution < 1.29 is 29.3 Å². The van der Waals surface area contributed by atoms with E-state index >= 15 is 0 Å². The van der Waals surface area contributed by atoms with Crippen LogP contribution in [0.1, 0.15) is 43.0 Å². The number of phenolic OH excluding ortho intramolecular Hbond substituents is 1. The highest BCUT2D eigenvalue weighted by atomic mass is 16.5. The monoisotopic (exact) mass is 508 g/mol. The molecule has 2 aliphatic heterocycles. The van der Waals surface area contributed by atoms with Crippen LogP contribution in [-0.4, -0.2) is 77.7 Å². The van der Waals surface area contributed by atoms with Gasteiger partial charge in [0.2, 0.25) is 0 Å². The lowest BCUT2D eigenvalue weighted by Crippen LogP contribution is -2.38. The summed E-state index contributed by atoms with van der Waals surface area (Å²) in [6.07, 6.45) is 0.683. The van der Waals surface area contributed by atoms with Gasteiger partial charge in [-0.05, 0) is 60.7 Å². The van der Waals surface area contributed by atoms with Crippen LogP contribution in [0.3, 0.4) is 0 Å². The first-order valence-electron chi connectivity index (χ1n) is 12.9. The molecule has 0 aromatic heterocycles. The van der Waals surface area contributed by atoms with Gasteiger partial charge in [-0.25, -0.2) is 0 Å². The van der Waals surface area contributed by atoms with Crippen LogP contribution in [0.2, 0.25) is 0 Å². The van der Waals surface area contributed by atoms with Crippen LogP contribution in [0.5, 0.6) is 11.5 Å². The normalized spacial score (nSPS) is 20.1. The second-order valence-electron chi connectivity index (χ2n) is 10.1. The molecule has 2 fully saturated rings. The number of hydrogen-bond donors (Lipinski definition) is 2. The molecule has 0 aliphatic carbocycles. The third-order valence-corrected chi connectivity index (χ3v) is 6.75. The Morgan fingerprint density at radius 3 is 2.43 bits per heavy atom. The minimum Gasteiger partial charge on any atom is -0.508 e. The molecular weight excluding hydrogens is 472 g/mol. The molecule has 8 nitrogen and oxygen atoms in total. The quantitative estimate of drug-likeness (QED) is 0.301. The first-order chi connectivity index (χ1) is 17.8. The van der Waals surface area contributed by atoms with E-state index in [0.29, 0.717) is 55.6 Å². The molecule has 37 heavy (non-hydrogen) atoms. The first-order valence-corrected chi connectivity index (χ1v) is 12.9. The molecule has 0 spiro atoms. The molecule has 0 saturated carbocycles. The summed E-state index contributed by atoms with van der Waals surface area (Å²) < 4.78 is 11.3. The number of nitrogens with zero attached hydrogens (tertiary/aromatic N) is 2. The van der Waals surface area contributed by atoms with Gasteiger partial charge in [-0.2, -0.15) is 0 Å². The minimum absolute atomic E-state index is 0.0531. The second kappa shape index (κ2) is 11.8. The number of carbonyl (C=O) groups is 2. The van der Waals surface area contributed by atoms with Crippen molar-refractivity contribution in [1.29, 1.82) is 0 Å². The SMILES string of the molecule is Cc1cc(/C(O)=C2\C(=O)C(=O)N(CCCN3CCOCC3)[C@@H]2c2ccc(O)cc2)ccc1OCC(C)C. The first kappa shape index (κ1) is 26.7. The summed E-state index contributed by atoms with van der Waals surface area (Å²) in [7, 11) is 0. The maximum absolute atomic E-state index is 13.3. The van der Waals surface area contributed by atoms with Gasteiger partial charge >= 0.3 is 0 Å². The van der Waals surface area contributed by atoms with Gasteiger partial charge in [-0.3, -0.25) is 14.5 Å². The number of aliphatic hydroxyl groups is 1. The van der Waals surface area contributed by atoms with Crippen LogP contribution in [0, 0.1) is 12.8 Å². The number of aromatic hydroxyl groups is 1. The number of hydrogen-bond acceptors (Lipinski definition) is 7. The smallest absolute Gasteiger partial charge is 0.295 e. The molecule has 1 amide bonds. The van der Waals surface area contributed by atoms with Crippen LogP contribution in [0.4, 0.5) is 0 Å². The number of morpholine rings is 1. The van der Waals surface area contributed by atoms with E-state index in [1.807, 2.05) is 6.92 Å². The topological polar surface area (TPSA) is 99.5 Å². The van der Waals surface area contributed by atoms with E-state index in [9.17, 15) is 19.8 Å². The number of rotatable bonds is 9. The number of carbonyl (C=O) groups excluding carboxylic acids is 2. The van der Waals surface area contributed by atoms with Gasteiger partial charge < -0.3 is 24.6 Å². The van der Waals surface area contributed by atoms with E-state index in [1.165, 1.54) is 17.0 Å². The van der Waals surface area contributed by atoms with Crippen molar-refractivity contribution in [3.63, 3.8) is 0 Å². The molecule has 2 saturated heterocycles. The third-order valence-electron chi connectivity index (χ3n) is 6.75. The van der Waals surface area contributed by atoms with Crippen molar-refractivity contribution in [3.05, 3.63) is 64.7 Å². The van der Waals surface area contributed by atoms with E-state index in [2.05, 4.69) is 18.7 Å². The predicted molar refractivity (Wildman–Crippen MR) is 141 cm³/mol. The molecule has 2 aromatic rings. The summed E-state index contributed by atoms with van der Waals surface area (Å²) in [5, 5.41) is 21.1. The number of likely N-dealkylation sites (tertiary alicyclic amines) is 1. The number of amides is 1. The number of ketones is 1. The third kappa shape index (κ3) is 6.14. The molecule has 4 rings (SSSR count). The maximum Gasteiger partial charge on any atom is 0.295 e. The highest BCUT2D eigenvalue weighted by molar-refractivity contribution is 6.46. The Kier molecular flexibility index (Phi) is 8.51.